The van der Waals surface area contributed by atoms with E-state index in [2.05, 4.69) is 19.9 Å². The van der Waals surface area contributed by atoms with Crippen LogP contribution < -0.4 is 4.74 Å². The minimum absolute atomic E-state index is 0.276. The zero-order valence-electron chi connectivity index (χ0n) is 12.2. The SMILES string of the molecule is COc1ccccc1Cc1c(Cl)nc(-c2ncccn2)nc1Cl. The van der Waals surface area contributed by atoms with Crippen LogP contribution in [0.5, 0.6) is 5.75 Å². The molecule has 0 aliphatic carbocycles. The summed E-state index contributed by atoms with van der Waals surface area (Å²) in [5, 5.41) is 0.553. The predicted molar refractivity (Wildman–Crippen MR) is 88.9 cm³/mol. The van der Waals surface area contributed by atoms with E-state index in [0.717, 1.165) is 11.3 Å². The number of ether oxygens (including phenoxy) is 1. The van der Waals surface area contributed by atoms with Gasteiger partial charge in [0, 0.05) is 24.4 Å². The summed E-state index contributed by atoms with van der Waals surface area (Å²) in [5.74, 6) is 1.43. The first-order valence-corrected chi connectivity index (χ1v) is 7.56. The Kier molecular flexibility index (Phi) is 4.69. The third-order valence-electron chi connectivity index (χ3n) is 3.23. The van der Waals surface area contributed by atoms with Crippen molar-refractivity contribution in [3.05, 3.63) is 64.2 Å². The van der Waals surface area contributed by atoms with Crippen molar-refractivity contribution in [1.29, 1.82) is 0 Å². The van der Waals surface area contributed by atoms with E-state index in [0.29, 0.717) is 23.6 Å². The molecule has 116 valence electrons. The fourth-order valence-electron chi connectivity index (χ4n) is 2.13. The molecule has 0 unspecified atom stereocenters. The van der Waals surface area contributed by atoms with Gasteiger partial charge in [-0.2, -0.15) is 0 Å². The van der Waals surface area contributed by atoms with Crippen molar-refractivity contribution in [1.82, 2.24) is 19.9 Å². The Bertz CT molecular complexity index is 804. The molecule has 3 aromatic rings. The number of rotatable bonds is 4. The first-order valence-electron chi connectivity index (χ1n) is 6.80. The first-order chi connectivity index (χ1) is 11.2. The molecule has 0 aliphatic rings. The molecule has 5 nitrogen and oxygen atoms in total. The summed E-state index contributed by atoms with van der Waals surface area (Å²) in [5.41, 5.74) is 1.59. The van der Waals surface area contributed by atoms with Crippen molar-refractivity contribution in [2.75, 3.05) is 7.11 Å². The largest absolute Gasteiger partial charge is 0.496 e. The number of benzene rings is 1. The number of hydrogen-bond acceptors (Lipinski definition) is 5. The molecule has 3 rings (SSSR count). The van der Waals surface area contributed by atoms with Crippen molar-refractivity contribution < 1.29 is 4.74 Å². The van der Waals surface area contributed by atoms with Gasteiger partial charge in [-0.1, -0.05) is 41.4 Å². The molecule has 2 heterocycles. The van der Waals surface area contributed by atoms with Crippen LogP contribution in [0, 0.1) is 0 Å². The highest BCUT2D eigenvalue weighted by Crippen LogP contribution is 2.29. The second kappa shape index (κ2) is 6.89. The molecular formula is C16H12Cl2N4O. The first kappa shape index (κ1) is 15.6. The van der Waals surface area contributed by atoms with E-state index >= 15 is 0 Å². The van der Waals surface area contributed by atoms with Gasteiger partial charge in [0.2, 0.25) is 5.82 Å². The van der Waals surface area contributed by atoms with Crippen LogP contribution in [-0.4, -0.2) is 27.0 Å². The van der Waals surface area contributed by atoms with Gasteiger partial charge in [-0.25, -0.2) is 19.9 Å². The van der Waals surface area contributed by atoms with Crippen molar-refractivity contribution in [2.45, 2.75) is 6.42 Å². The quantitative estimate of drug-likeness (QED) is 0.671. The molecule has 0 fully saturated rings. The van der Waals surface area contributed by atoms with Crippen LogP contribution in [-0.2, 0) is 6.42 Å². The van der Waals surface area contributed by atoms with Gasteiger partial charge < -0.3 is 4.74 Å². The van der Waals surface area contributed by atoms with Crippen molar-refractivity contribution in [3.8, 4) is 17.4 Å². The summed E-state index contributed by atoms with van der Waals surface area (Å²) in [6.07, 6.45) is 3.68. The zero-order valence-corrected chi connectivity index (χ0v) is 13.7. The fourth-order valence-corrected chi connectivity index (χ4v) is 2.65. The van der Waals surface area contributed by atoms with Crippen molar-refractivity contribution in [2.24, 2.45) is 0 Å². The van der Waals surface area contributed by atoms with Crippen LogP contribution in [0.3, 0.4) is 0 Å². The Morgan fingerprint density at radius 2 is 1.57 bits per heavy atom. The van der Waals surface area contributed by atoms with Crippen LogP contribution in [0.4, 0.5) is 0 Å². The lowest BCUT2D eigenvalue weighted by atomic mass is 10.1. The third-order valence-corrected chi connectivity index (χ3v) is 3.86. The normalized spacial score (nSPS) is 10.6. The molecule has 23 heavy (non-hydrogen) atoms. The Balaban J connectivity index is 1.98. The Hall–Kier alpha value is -2.24. The van der Waals surface area contributed by atoms with Gasteiger partial charge in [-0.15, -0.1) is 0 Å². The molecule has 0 spiro atoms. The maximum absolute atomic E-state index is 6.30. The second-order valence-corrected chi connectivity index (χ2v) is 5.38. The number of nitrogens with zero attached hydrogens (tertiary/aromatic N) is 4. The van der Waals surface area contributed by atoms with Gasteiger partial charge in [0.05, 0.1) is 7.11 Å². The molecule has 0 bridgehead atoms. The van der Waals surface area contributed by atoms with E-state index in [1.807, 2.05) is 24.3 Å². The summed E-state index contributed by atoms with van der Waals surface area (Å²) in [6, 6.07) is 9.36. The number of halogens is 2. The van der Waals surface area contributed by atoms with Crippen LogP contribution in [0.1, 0.15) is 11.1 Å². The summed E-state index contributed by atoms with van der Waals surface area (Å²) in [7, 11) is 1.62. The summed E-state index contributed by atoms with van der Waals surface area (Å²) < 4.78 is 5.34. The maximum Gasteiger partial charge on any atom is 0.200 e. The molecule has 0 atom stereocenters. The fraction of sp³-hybridized carbons (Fsp3) is 0.125. The molecule has 0 amide bonds. The van der Waals surface area contributed by atoms with Crippen molar-refractivity contribution >= 4 is 23.2 Å². The van der Waals surface area contributed by atoms with Gasteiger partial charge in [0.25, 0.3) is 0 Å². The summed E-state index contributed by atoms with van der Waals surface area (Å²) >= 11 is 12.6. The number of hydrogen-bond donors (Lipinski definition) is 0. The molecular weight excluding hydrogens is 335 g/mol. The van der Waals surface area contributed by atoms with Crippen LogP contribution in [0.15, 0.2) is 42.7 Å². The third kappa shape index (κ3) is 3.41. The number of para-hydroxylation sites is 1. The standard InChI is InChI=1S/C16H12Cl2N4O/c1-23-12-6-3-2-5-10(12)9-11-13(17)21-16(22-14(11)18)15-19-7-4-8-20-15/h2-8H,9H2,1H3. The van der Waals surface area contributed by atoms with Gasteiger partial charge in [0.15, 0.2) is 5.82 Å². The van der Waals surface area contributed by atoms with Gasteiger partial charge >= 0.3 is 0 Å². The molecule has 7 heteroatoms. The van der Waals surface area contributed by atoms with E-state index in [9.17, 15) is 0 Å². The monoisotopic (exact) mass is 346 g/mol. The topological polar surface area (TPSA) is 60.8 Å². The Morgan fingerprint density at radius 3 is 2.22 bits per heavy atom. The minimum atomic E-state index is 0.276. The molecule has 0 aliphatic heterocycles. The Labute approximate surface area is 143 Å². The number of aromatic nitrogens is 4. The molecule has 1 aromatic carbocycles. The Morgan fingerprint density at radius 1 is 0.913 bits per heavy atom. The average molecular weight is 347 g/mol. The smallest absolute Gasteiger partial charge is 0.200 e. The highest BCUT2D eigenvalue weighted by atomic mass is 35.5. The number of methoxy groups -OCH3 is 1. The molecule has 0 radical (unpaired) electrons. The second-order valence-electron chi connectivity index (χ2n) is 4.67. The lowest BCUT2D eigenvalue weighted by molar-refractivity contribution is 0.410. The van der Waals surface area contributed by atoms with E-state index in [1.54, 1.807) is 25.6 Å². The molecule has 2 aromatic heterocycles. The van der Waals surface area contributed by atoms with Crippen molar-refractivity contribution in [3.63, 3.8) is 0 Å². The maximum atomic E-state index is 6.30. The van der Waals surface area contributed by atoms with Gasteiger partial charge in [-0.3, -0.25) is 0 Å². The van der Waals surface area contributed by atoms with E-state index in [-0.39, 0.29) is 10.3 Å². The summed E-state index contributed by atoms with van der Waals surface area (Å²) in [4.78, 5) is 16.7. The van der Waals surface area contributed by atoms with E-state index in [4.69, 9.17) is 27.9 Å². The summed E-state index contributed by atoms with van der Waals surface area (Å²) in [6.45, 7) is 0. The average Bonchev–Trinajstić information content (AvgIpc) is 2.59. The zero-order chi connectivity index (χ0) is 16.2. The lowest BCUT2D eigenvalue weighted by Gasteiger charge is -2.11. The molecule has 0 N–H and O–H groups in total. The molecule has 0 saturated carbocycles. The van der Waals surface area contributed by atoms with E-state index in [1.165, 1.54) is 0 Å². The molecule has 0 saturated heterocycles. The minimum Gasteiger partial charge on any atom is -0.496 e. The highest BCUT2D eigenvalue weighted by Gasteiger charge is 2.16. The predicted octanol–water partition coefficient (Wildman–Crippen LogP) is 3.84. The van der Waals surface area contributed by atoms with Crippen LogP contribution >= 0.6 is 23.2 Å². The van der Waals surface area contributed by atoms with Crippen LogP contribution in [0.25, 0.3) is 11.6 Å². The van der Waals surface area contributed by atoms with Crippen LogP contribution in [0.2, 0.25) is 10.3 Å². The van der Waals surface area contributed by atoms with Gasteiger partial charge in [0.1, 0.15) is 16.1 Å². The lowest BCUT2D eigenvalue weighted by Crippen LogP contribution is -2.02. The highest BCUT2D eigenvalue weighted by molar-refractivity contribution is 6.34. The van der Waals surface area contributed by atoms with E-state index < -0.39 is 0 Å². The van der Waals surface area contributed by atoms with Gasteiger partial charge in [-0.05, 0) is 17.7 Å².